The van der Waals surface area contributed by atoms with E-state index in [0.29, 0.717) is 30.0 Å². The number of amides is 1. The molecule has 7 nitrogen and oxygen atoms in total. The van der Waals surface area contributed by atoms with Crippen LogP contribution in [0.15, 0.2) is 54.6 Å². The van der Waals surface area contributed by atoms with Crippen molar-refractivity contribution in [3.05, 3.63) is 92.8 Å². The first kappa shape index (κ1) is 20.8. The highest BCUT2D eigenvalue weighted by Gasteiger charge is 2.38. The number of carbonyl (C=O) groups excluding carboxylic acids is 1. The average molecular weight is 418 g/mol. The lowest BCUT2D eigenvalue weighted by molar-refractivity contribution is -0.386. The van der Waals surface area contributed by atoms with Gasteiger partial charge in [-0.1, -0.05) is 48.9 Å². The molecule has 1 heterocycles. The summed E-state index contributed by atoms with van der Waals surface area (Å²) in [5, 5.41) is 18.6. The van der Waals surface area contributed by atoms with Gasteiger partial charge in [0.25, 0.3) is 5.91 Å². The molecule has 4 rings (SSSR count). The predicted molar refractivity (Wildman–Crippen MR) is 118 cm³/mol. The molecule has 1 amide bonds. The lowest BCUT2D eigenvalue weighted by atomic mass is 9.64. The fraction of sp³-hybridized carbons (Fsp3) is 0.333. The minimum Gasteiger partial charge on any atom is -0.351 e. The zero-order valence-electron chi connectivity index (χ0n) is 17.8. The minimum atomic E-state index is -0.397. The van der Waals surface area contributed by atoms with E-state index in [2.05, 4.69) is 22.5 Å². The Bertz CT molecular complexity index is 1100. The standard InChI is InChI=1S/C24H26N4O3/c1-17-22(28(30)31)18(2)27(26-17)15-19-9-11-20(12-10-19)23(29)25-16-24(13-6-14-24)21-7-4-3-5-8-21/h3-5,7-12H,6,13-16H2,1-2H3,(H,25,29). The van der Waals surface area contributed by atoms with Crippen molar-refractivity contribution in [1.82, 2.24) is 15.1 Å². The fourth-order valence-electron chi connectivity index (χ4n) is 4.35. The number of nitrogens with zero attached hydrogens (tertiary/aromatic N) is 3. The van der Waals surface area contributed by atoms with E-state index in [4.69, 9.17) is 0 Å². The van der Waals surface area contributed by atoms with Crippen molar-refractivity contribution in [1.29, 1.82) is 0 Å². The molecule has 7 heteroatoms. The summed E-state index contributed by atoms with van der Waals surface area (Å²) in [7, 11) is 0. The molecule has 31 heavy (non-hydrogen) atoms. The van der Waals surface area contributed by atoms with Crippen molar-refractivity contribution in [3.63, 3.8) is 0 Å². The first-order valence-electron chi connectivity index (χ1n) is 10.5. The molecular weight excluding hydrogens is 392 g/mol. The van der Waals surface area contributed by atoms with Crippen LogP contribution >= 0.6 is 0 Å². The van der Waals surface area contributed by atoms with Crippen LogP contribution < -0.4 is 5.32 Å². The number of nitro groups is 1. The molecule has 0 aliphatic heterocycles. The zero-order valence-corrected chi connectivity index (χ0v) is 17.8. The van der Waals surface area contributed by atoms with E-state index in [1.165, 1.54) is 12.0 Å². The van der Waals surface area contributed by atoms with Crippen LogP contribution in [-0.2, 0) is 12.0 Å². The first-order valence-corrected chi connectivity index (χ1v) is 10.5. The molecule has 160 valence electrons. The third-order valence-corrected chi connectivity index (χ3v) is 6.36. The van der Waals surface area contributed by atoms with Crippen LogP contribution in [0.5, 0.6) is 0 Å². The van der Waals surface area contributed by atoms with Crippen LogP contribution in [0.3, 0.4) is 0 Å². The summed E-state index contributed by atoms with van der Waals surface area (Å²) in [6.07, 6.45) is 3.36. The van der Waals surface area contributed by atoms with Gasteiger partial charge in [-0.05, 0) is 49.9 Å². The van der Waals surface area contributed by atoms with Gasteiger partial charge in [0.1, 0.15) is 11.4 Å². The normalized spacial score (nSPS) is 14.6. The molecule has 2 aromatic carbocycles. The zero-order chi connectivity index (χ0) is 22.0. The predicted octanol–water partition coefficient (Wildman–Crippen LogP) is 4.31. The Balaban J connectivity index is 1.41. The molecule has 1 fully saturated rings. The Morgan fingerprint density at radius 1 is 1.13 bits per heavy atom. The first-order chi connectivity index (χ1) is 14.9. The Kier molecular flexibility index (Phi) is 5.59. The van der Waals surface area contributed by atoms with E-state index in [9.17, 15) is 14.9 Å². The molecule has 1 saturated carbocycles. The molecule has 0 radical (unpaired) electrons. The van der Waals surface area contributed by atoms with Crippen molar-refractivity contribution in [3.8, 4) is 0 Å². The van der Waals surface area contributed by atoms with E-state index >= 15 is 0 Å². The molecule has 1 aromatic heterocycles. The van der Waals surface area contributed by atoms with E-state index in [-0.39, 0.29) is 17.0 Å². The van der Waals surface area contributed by atoms with Gasteiger partial charge in [0, 0.05) is 17.5 Å². The van der Waals surface area contributed by atoms with Gasteiger partial charge in [0.15, 0.2) is 0 Å². The number of benzene rings is 2. The number of carbonyl (C=O) groups is 1. The monoisotopic (exact) mass is 418 g/mol. The maximum atomic E-state index is 12.7. The van der Waals surface area contributed by atoms with Crippen molar-refractivity contribution in [2.45, 2.75) is 45.1 Å². The highest BCUT2D eigenvalue weighted by Crippen LogP contribution is 2.43. The van der Waals surface area contributed by atoms with E-state index in [1.54, 1.807) is 30.7 Å². The second kappa shape index (κ2) is 8.34. The molecule has 0 atom stereocenters. The van der Waals surface area contributed by atoms with E-state index in [0.717, 1.165) is 18.4 Å². The molecule has 0 saturated heterocycles. The summed E-state index contributed by atoms with van der Waals surface area (Å²) in [5.41, 5.74) is 3.84. The minimum absolute atomic E-state index is 0.0427. The number of aromatic nitrogens is 2. The van der Waals surface area contributed by atoms with Gasteiger partial charge in [-0.2, -0.15) is 5.10 Å². The summed E-state index contributed by atoms with van der Waals surface area (Å²) < 4.78 is 1.63. The molecule has 0 spiro atoms. The fourth-order valence-corrected chi connectivity index (χ4v) is 4.35. The third kappa shape index (κ3) is 4.08. The second-order valence-electron chi connectivity index (χ2n) is 8.31. The Labute approximate surface area is 181 Å². The maximum Gasteiger partial charge on any atom is 0.312 e. The Hall–Kier alpha value is -3.48. The van der Waals surface area contributed by atoms with Gasteiger partial charge in [-0.15, -0.1) is 0 Å². The lowest BCUT2D eigenvalue weighted by Gasteiger charge is -2.42. The molecule has 0 unspecified atom stereocenters. The summed E-state index contributed by atoms with van der Waals surface area (Å²) in [6.45, 7) is 4.38. The maximum absolute atomic E-state index is 12.7. The smallest absolute Gasteiger partial charge is 0.312 e. The van der Waals surface area contributed by atoms with Gasteiger partial charge in [0.2, 0.25) is 0 Å². The van der Waals surface area contributed by atoms with Gasteiger partial charge < -0.3 is 5.32 Å². The van der Waals surface area contributed by atoms with Crippen LogP contribution in [-0.4, -0.2) is 27.2 Å². The number of hydrogen-bond acceptors (Lipinski definition) is 4. The molecular formula is C24H26N4O3. The number of rotatable bonds is 7. The van der Waals surface area contributed by atoms with Crippen molar-refractivity contribution >= 4 is 11.6 Å². The molecule has 1 N–H and O–H groups in total. The Morgan fingerprint density at radius 2 is 1.81 bits per heavy atom. The summed E-state index contributed by atoms with van der Waals surface area (Å²) >= 11 is 0. The lowest BCUT2D eigenvalue weighted by Crippen LogP contribution is -2.45. The van der Waals surface area contributed by atoms with Crippen molar-refractivity contribution < 1.29 is 9.72 Å². The number of aryl methyl sites for hydroxylation is 1. The van der Waals surface area contributed by atoms with E-state index in [1.807, 2.05) is 30.3 Å². The summed E-state index contributed by atoms with van der Waals surface area (Å²) in [5.74, 6) is -0.0875. The molecule has 0 bridgehead atoms. The van der Waals surface area contributed by atoms with Crippen molar-refractivity contribution in [2.75, 3.05) is 6.54 Å². The third-order valence-electron chi connectivity index (χ3n) is 6.36. The Morgan fingerprint density at radius 3 is 2.35 bits per heavy atom. The van der Waals surface area contributed by atoms with E-state index < -0.39 is 4.92 Å². The molecule has 1 aliphatic carbocycles. The highest BCUT2D eigenvalue weighted by atomic mass is 16.6. The SMILES string of the molecule is Cc1nn(Cc2ccc(C(=O)NCC3(c4ccccc4)CCC3)cc2)c(C)c1[N+](=O)[O-]. The van der Waals surface area contributed by atoms with Gasteiger partial charge >= 0.3 is 5.69 Å². The van der Waals surface area contributed by atoms with Crippen molar-refractivity contribution in [2.24, 2.45) is 0 Å². The largest absolute Gasteiger partial charge is 0.351 e. The van der Waals surface area contributed by atoms with Gasteiger partial charge in [0.05, 0.1) is 11.5 Å². The molecule has 1 aliphatic rings. The van der Waals surface area contributed by atoms with Crippen LogP contribution in [0.25, 0.3) is 0 Å². The van der Waals surface area contributed by atoms with Gasteiger partial charge in [-0.3, -0.25) is 19.6 Å². The highest BCUT2D eigenvalue weighted by molar-refractivity contribution is 5.94. The molecule has 3 aromatic rings. The van der Waals surface area contributed by atoms with Crippen LogP contribution in [0.4, 0.5) is 5.69 Å². The van der Waals surface area contributed by atoms with Crippen LogP contribution in [0.1, 0.15) is 52.1 Å². The number of nitrogens with one attached hydrogen (secondary N) is 1. The summed E-state index contributed by atoms with van der Waals surface area (Å²) in [6, 6.07) is 17.7. The summed E-state index contributed by atoms with van der Waals surface area (Å²) in [4.78, 5) is 23.5. The van der Waals surface area contributed by atoms with Crippen LogP contribution in [0.2, 0.25) is 0 Å². The second-order valence-corrected chi connectivity index (χ2v) is 8.31. The average Bonchev–Trinajstić information content (AvgIpc) is 3.01. The van der Waals surface area contributed by atoms with Gasteiger partial charge in [-0.25, -0.2) is 0 Å². The quantitative estimate of drug-likeness (QED) is 0.457. The van der Waals surface area contributed by atoms with Crippen LogP contribution in [0, 0.1) is 24.0 Å². The number of hydrogen-bond donors (Lipinski definition) is 1. The topological polar surface area (TPSA) is 90.1 Å².